The van der Waals surface area contributed by atoms with Crippen LogP contribution in [0.3, 0.4) is 0 Å². The van der Waals surface area contributed by atoms with Gasteiger partial charge in [0.15, 0.2) is 23.5 Å². The smallest absolute Gasteiger partial charge is 0.231 e. The molecule has 1 aromatic carbocycles. The van der Waals surface area contributed by atoms with Crippen molar-refractivity contribution in [1.82, 2.24) is 5.32 Å². The Bertz CT molecular complexity index is 1040. The van der Waals surface area contributed by atoms with Gasteiger partial charge in [0.2, 0.25) is 12.4 Å². The second-order valence-electron chi connectivity index (χ2n) is 9.54. The van der Waals surface area contributed by atoms with Crippen molar-refractivity contribution in [1.29, 1.82) is 0 Å². The van der Waals surface area contributed by atoms with Gasteiger partial charge in [-0.1, -0.05) is 5.92 Å². The van der Waals surface area contributed by atoms with Crippen LogP contribution in [0.5, 0.6) is 17.2 Å². The molecule has 0 spiro atoms. The molecule has 3 atom stereocenters. The molecular formula is C26H33BrN2O6. The molecule has 4 aliphatic rings. The Morgan fingerprint density at radius 1 is 1.23 bits per heavy atom. The largest absolute Gasteiger partial charge is 1.00 e. The predicted octanol–water partition coefficient (Wildman–Crippen LogP) is -0.791. The number of aliphatic hydroxyl groups is 2. The summed E-state index contributed by atoms with van der Waals surface area (Å²) in [6.45, 7) is 6.74. The Kier molecular flexibility index (Phi) is 7.99. The Morgan fingerprint density at radius 3 is 2.77 bits per heavy atom. The Morgan fingerprint density at radius 2 is 2.03 bits per heavy atom. The van der Waals surface area contributed by atoms with Crippen molar-refractivity contribution in [2.45, 2.75) is 44.1 Å². The zero-order valence-electron chi connectivity index (χ0n) is 19.9. The number of quaternary nitrogens is 1. The topological polar surface area (TPSA) is 93.3 Å². The molecule has 9 heteroatoms. The summed E-state index contributed by atoms with van der Waals surface area (Å²) in [5.74, 6) is 8.46. The summed E-state index contributed by atoms with van der Waals surface area (Å²) in [7, 11) is 0. The average Bonchev–Trinajstić information content (AvgIpc) is 3.55. The molecule has 4 aliphatic heterocycles. The lowest BCUT2D eigenvalue weighted by Crippen LogP contribution is -3.00. The fourth-order valence-corrected chi connectivity index (χ4v) is 5.62. The maximum Gasteiger partial charge on any atom is 0.231 e. The highest BCUT2D eigenvalue weighted by molar-refractivity contribution is 5.46. The number of nitrogens with one attached hydrogen (secondary N) is 1. The molecule has 35 heavy (non-hydrogen) atoms. The van der Waals surface area contributed by atoms with Crippen LogP contribution in [0.1, 0.15) is 31.9 Å². The summed E-state index contributed by atoms with van der Waals surface area (Å²) >= 11 is 0. The molecular weight excluding hydrogens is 516 g/mol. The minimum atomic E-state index is -1.78. The molecule has 0 radical (unpaired) electrons. The van der Waals surface area contributed by atoms with Crippen LogP contribution in [0.2, 0.25) is 0 Å². The fraction of sp³-hybridized carbons (Fsp3) is 0.538. The van der Waals surface area contributed by atoms with Crippen LogP contribution in [-0.2, 0) is 5.60 Å². The standard InChI is InChI=1S/C26H33N2O6.BrH/c1-2-10-26(30,24-5-3-14-32-24)25(29)27-21-17-28(12-8-19(21)9-13-28)11-4-15-31-20-6-7-22-23(16-20)34-18-33-22;/h3,5-7,14,16,19,21,25,27,29-30H,4,8-9,11-13,15,17-18H2,1H3;1H/q+1;/p-1/t19?,21-,25?,26?,28?;/m0./s1. The second kappa shape index (κ2) is 10.8. The summed E-state index contributed by atoms with van der Waals surface area (Å²) in [4.78, 5) is 0. The monoisotopic (exact) mass is 548 g/mol. The zero-order valence-corrected chi connectivity index (χ0v) is 21.5. The Labute approximate surface area is 216 Å². The van der Waals surface area contributed by atoms with E-state index < -0.39 is 11.8 Å². The van der Waals surface area contributed by atoms with Gasteiger partial charge in [-0.3, -0.25) is 5.32 Å². The van der Waals surface area contributed by atoms with Gasteiger partial charge >= 0.3 is 0 Å². The molecule has 8 nitrogen and oxygen atoms in total. The quantitative estimate of drug-likeness (QED) is 0.164. The number of fused-ring (bicyclic) bond motifs is 4. The third-order valence-electron chi connectivity index (χ3n) is 7.47. The summed E-state index contributed by atoms with van der Waals surface area (Å²) in [5, 5.41) is 25.4. The van der Waals surface area contributed by atoms with Crippen molar-refractivity contribution in [3.63, 3.8) is 0 Å². The van der Waals surface area contributed by atoms with E-state index in [-0.39, 0.29) is 35.6 Å². The first-order valence-corrected chi connectivity index (χ1v) is 12.0. The molecule has 3 N–H and O–H groups in total. The summed E-state index contributed by atoms with van der Waals surface area (Å²) in [6, 6.07) is 9.09. The lowest BCUT2D eigenvalue weighted by atomic mass is 9.81. The van der Waals surface area contributed by atoms with Gasteiger partial charge in [-0.05, 0) is 37.1 Å². The number of rotatable bonds is 9. The van der Waals surface area contributed by atoms with Crippen LogP contribution in [0.15, 0.2) is 41.0 Å². The van der Waals surface area contributed by atoms with Crippen LogP contribution in [-0.4, -0.2) is 66.5 Å². The van der Waals surface area contributed by atoms with E-state index in [0.717, 1.165) is 67.2 Å². The Balaban J connectivity index is 0.00000289. The van der Waals surface area contributed by atoms with E-state index in [0.29, 0.717) is 12.5 Å². The minimum Gasteiger partial charge on any atom is -1.00 e. The SMILES string of the molecule is CC#CC(O)(c1ccco1)C(O)N[C@H]1C[N+]2(CCCOc3ccc4c(c3)OCO4)CCC1CC2.[Br-]. The number of hydrogen-bond donors (Lipinski definition) is 3. The summed E-state index contributed by atoms with van der Waals surface area (Å²) < 4.78 is 23.1. The van der Waals surface area contributed by atoms with Gasteiger partial charge in [-0.15, -0.1) is 5.92 Å². The van der Waals surface area contributed by atoms with Gasteiger partial charge in [0.25, 0.3) is 0 Å². The van der Waals surface area contributed by atoms with Crippen molar-refractivity contribution in [3.8, 4) is 29.1 Å². The molecule has 0 aliphatic carbocycles. The number of benzene rings is 1. The number of hydrogen-bond acceptors (Lipinski definition) is 7. The van der Waals surface area contributed by atoms with E-state index in [9.17, 15) is 10.2 Å². The van der Waals surface area contributed by atoms with E-state index in [2.05, 4.69) is 17.2 Å². The summed E-state index contributed by atoms with van der Waals surface area (Å²) in [5.41, 5.74) is -1.78. The molecule has 2 unspecified atom stereocenters. The normalized spacial score (nSPS) is 26.7. The molecule has 3 fully saturated rings. The second-order valence-corrected chi connectivity index (χ2v) is 9.54. The van der Waals surface area contributed by atoms with Crippen LogP contribution in [0, 0.1) is 17.8 Å². The van der Waals surface area contributed by atoms with Gasteiger partial charge in [0, 0.05) is 25.3 Å². The van der Waals surface area contributed by atoms with Gasteiger partial charge in [0.05, 0.1) is 45.1 Å². The van der Waals surface area contributed by atoms with Gasteiger partial charge in [-0.25, -0.2) is 0 Å². The third kappa shape index (κ3) is 5.32. The van der Waals surface area contributed by atoms with Gasteiger partial charge in [0.1, 0.15) is 5.75 Å². The Hall–Kier alpha value is -2.22. The third-order valence-corrected chi connectivity index (χ3v) is 7.47. The number of aliphatic hydroxyl groups excluding tert-OH is 1. The van der Waals surface area contributed by atoms with Gasteiger partial charge < -0.3 is 50.3 Å². The fourth-order valence-electron chi connectivity index (χ4n) is 5.62. The maximum atomic E-state index is 11.1. The predicted molar refractivity (Wildman–Crippen MR) is 124 cm³/mol. The molecule has 1 aromatic heterocycles. The van der Waals surface area contributed by atoms with Crippen molar-refractivity contribution in [2.75, 3.05) is 39.6 Å². The zero-order chi connectivity index (χ0) is 23.6. The molecule has 190 valence electrons. The average molecular weight is 549 g/mol. The highest BCUT2D eigenvalue weighted by Gasteiger charge is 2.48. The molecule has 3 saturated heterocycles. The minimum absolute atomic E-state index is 0. The molecule has 6 rings (SSSR count). The van der Waals surface area contributed by atoms with Crippen molar-refractivity contribution in [3.05, 3.63) is 42.4 Å². The van der Waals surface area contributed by atoms with E-state index >= 15 is 0 Å². The lowest BCUT2D eigenvalue weighted by molar-refractivity contribution is -0.944. The van der Waals surface area contributed by atoms with Crippen LogP contribution in [0.25, 0.3) is 0 Å². The van der Waals surface area contributed by atoms with Crippen molar-refractivity contribution >= 4 is 0 Å². The molecule has 0 amide bonds. The van der Waals surface area contributed by atoms with Crippen LogP contribution >= 0.6 is 0 Å². The number of piperidine rings is 3. The molecule has 5 heterocycles. The van der Waals surface area contributed by atoms with E-state index in [4.69, 9.17) is 18.6 Å². The van der Waals surface area contributed by atoms with Gasteiger partial charge in [-0.2, -0.15) is 0 Å². The lowest BCUT2D eigenvalue weighted by Gasteiger charge is -2.53. The number of nitrogens with zero attached hydrogens (tertiary/aromatic N) is 1. The van der Waals surface area contributed by atoms with Crippen LogP contribution in [0.4, 0.5) is 0 Å². The first-order valence-electron chi connectivity index (χ1n) is 12.0. The number of ether oxygens (including phenoxy) is 3. The van der Waals surface area contributed by atoms with E-state index in [1.54, 1.807) is 19.1 Å². The molecule has 0 saturated carbocycles. The van der Waals surface area contributed by atoms with Crippen molar-refractivity contribution < 1.29 is 50.3 Å². The first-order chi connectivity index (χ1) is 16.5. The molecule has 2 aromatic rings. The number of halogens is 1. The van der Waals surface area contributed by atoms with Crippen LogP contribution < -0.4 is 36.5 Å². The van der Waals surface area contributed by atoms with Crippen molar-refractivity contribution in [2.24, 2.45) is 5.92 Å². The first kappa shape index (κ1) is 25.9. The summed E-state index contributed by atoms with van der Waals surface area (Å²) in [6.07, 6.45) is 3.38. The highest BCUT2D eigenvalue weighted by atomic mass is 79.9. The number of furan rings is 1. The maximum absolute atomic E-state index is 11.1. The molecule has 2 bridgehead atoms. The van der Waals surface area contributed by atoms with E-state index in [1.807, 2.05) is 18.2 Å². The highest BCUT2D eigenvalue weighted by Crippen LogP contribution is 2.37. The van der Waals surface area contributed by atoms with E-state index in [1.165, 1.54) is 6.26 Å².